The lowest BCUT2D eigenvalue weighted by Crippen LogP contribution is -2.20. The molecule has 0 aliphatic heterocycles. The third-order valence-corrected chi connectivity index (χ3v) is 3.51. The molecule has 2 atom stereocenters. The van der Waals surface area contributed by atoms with Crippen LogP contribution in [-0.2, 0) is 0 Å². The molecule has 1 aromatic carbocycles. The van der Waals surface area contributed by atoms with Crippen LogP contribution in [0.15, 0.2) is 35.9 Å². The molecular formula is C16H20N2. The van der Waals surface area contributed by atoms with Gasteiger partial charge in [-0.2, -0.15) is 5.26 Å². The highest BCUT2D eigenvalue weighted by Crippen LogP contribution is 2.28. The molecule has 0 aromatic heterocycles. The Morgan fingerprint density at radius 1 is 1.39 bits per heavy atom. The molecule has 1 aliphatic rings. The van der Waals surface area contributed by atoms with Gasteiger partial charge in [-0.25, -0.2) is 0 Å². The van der Waals surface area contributed by atoms with Crippen LogP contribution < -0.4 is 5.32 Å². The van der Waals surface area contributed by atoms with Crippen molar-refractivity contribution in [3.05, 3.63) is 41.5 Å². The number of nitrogens with zero attached hydrogens (tertiary/aromatic N) is 1. The van der Waals surface area contributed by atoms with Crippen LogP contribution >= 0.6 is 0 Å². The van der Waals surface area contributed by atoms with Crippen molar-refractivity contribution in [3.63, 3.8) is 0 Å². The summed E-state index contributed by atoms with van der Waals surface area (Å²) in [6.45, 7) is 5.44. The Kier molecular flexibility index (Phi) is 4.04. The first-order valence-electron chi connectivity index (χ1n) is 6.59. The summed E-state index contributed by atoms with van der Waals surface area (Å²) in [6.07, 6.45) is 4.78. The fourth-order valence-electron chi connectivity index (χ4n) is 2.83. The molecule has 0 heterocycles. The minimum atomic E-state index is 0.678. The highest BCUT2D eigenvalue weighted by atomic mass is 14.9. The summed E-state index contributed by atoms with van der Waals surface area (Å²) in [5.41, 5.74) is 3.18. The number of anilines is 1. The maximum atomic E-state index is 9.04. The molecular weight excluding hydrogens is 220 g/mol. The molecule has 1 aliphatic carbocycles. The van der Waals surface area contributed by atoms with Crippen molar-refractivity contribution in [2.75, 3.05) is 11.9 Å². The zero-order valence-corrected chi connectivity index (χ0v) is 11.1. The smallest absolute Gasteiger partial charge is 0.101 e. The maximum Gasteiger partial charge on any atom is 0.101 e. The van der Waals surface area contributed by atoms with Crippen molar-refractivity contribution < 1.29 is 0 Å². The number of hydrogen-bond donors (Lipinski definition) is 1. The van der Waals surface area contributed by atoms with Crippen LogP contribution in [0.4, 0.5) is 5.69 Å². The predicted octanol–water partition coefficient (Wildman–Crippen LogP) is 3.96. The van der Waals surface area contributed by atoms with E-state index in [0.29, 0.717) is 11.8 Å². The first-order valence-corrected chi connectivity index (χ1v) is 6.59. The van der Waals surface area contributed by atoms with Crippen molar-refractivity contribution in [2.45, 2.75) is 26.7 Å². The molecule has 0 bridgehead atoms. The van der Waals surface area contributed by atoms with Gasteiger partial charge in [0.15, 0.2) is 0 Å². The van der Waals surface area contributed by atoms with E-state index in [9.17, 15) is 0 Å². The van der Waals surface area contributed by atoms with Crippen molar-refractivity contribution in [2.24, 2.45) is 11.8 Å². The molecule has 0 radical (unpaired) electrons. The lowest BCUT2D eigenvalue weighted by atomic mass is 9.83. The average Bonchev–Trinajstić information content (AvgIpc) is 2.35. The Balaban J connectivity index is 1.96. The van der Waals surface area contributed by atoms with Crippen molar-refractivity contribution in [3.8, 4) is 6.07 Å². The second-order valence-corrected chi connectivity index (χ2v) is 5.33. The van der Waals surface area contributed by atoms with Crippen LogP contribution in [0.3, 0.4) is 0 Å². The van der Waals surface area contributed by atoms with Gasteiger partial charge in [-0.05, 0) is 43.7 Å². The van der Waals surface area contributed by atoms with Crippen LogP contribution in [-0.4, -0.2) is 6.54 Å². The van der Waals surface area contributed by atoms with Gasteiger partial charge in [-0.3, -0.25) is 0 Å². The highest BCUT2D eigenvalue weighted by Gasteiger charge is 2.17. The fourth-order valence-corrected chi connectivity index (χ4v) is 2.83. The monoisotopic (exact) mass is 240 g/mol. The van der Waals surface area contributed by atoms with E-state index in [1.807, 2.05) is 24.3 Å². The number of benzene rings is 1. The second-order valence-electron chi connectivity index (χ2n) is 5.33. The molecule has 2 unspecified atom stereocenters. The van der Waals surface area contributed by atoms with Crippen LogP contribution in [0.5, 0.6) is 0 Å². The third-order valence-electron chi connectivity index (χ3n) is 3.51. The Morgan fingerprint density at radius 2 is 2.17 bits per heavy atom. The van der Waals surface area contributed by atoms with Crippen molar-refractivity contribution in [1.82, 2.24) is 0 Å². The normalized spacial score (nSPS) is 23.1. The van der Waals surface area contributed by atoms with Crippen molar-refractivity contribution in [1.29, 1.82) is 5.26 Å². The van der Waals surface area contributed by atoms with E-state index in [0.717, 1.165) is 17.8 Å². The first kappa shape index (κ1) is 12.7. The summed E-state index contributed by atoms with van der Waals surface area (Å²) in [5, 5.41) is 12.5. The van der Waals surface area contributed by atoms with Gasteiger partial charge in [-0.1, -0.05) is 30.7 Å². The van der Waals surface area contributed by atoms with Gasteiger partial charge in [0.25, 0.3) is 0 Å². The van der Waals surface area contributed by atoms with E-state index in [2.05, 4.69) is 31.3 Å². The summed E-state index contributed by atoms with van der Waals surface area (Å²) in [5.74, 6) is 1.36. The molecule has 1 N–H and O–H groups in total. The Hall–Kier alpha value is -1.75. The van der Waals surface area contributed by atoms with Crippen LogP contribution in [0, 0.1) is 23.2 Å². The van der Waals surface area contributed by atoms with Gasteiger partial charge in [0.1, 0.15) is 6.07 Å². The molecule has 2 rings (SSSR count). The van der Waals surface area contributed by atoms with E-state index in [1.54, 1.807) is 0 Å². The number of hydrogen-bond acceptors (Lipinski definition) is 2. The largest absolute Gasteiger partial charge is 0.384 e. The number of allylic oxidation sites excluding steroid dienone is 2. The van der Waals surface area contributed by atoms with Crippen LogP contribution in [0.2, 0.25) is 0 Å². The third kappa shape index (κ3) is 3.13. The molecule has 0 spiro atoms. The lowest BCUT2D eigenvalue weighted by Gasteiger charge is -2.26. The Labute approximate surface area is 109 Å². The number of nitriles is 1. The van der Waals surface area contributed by atoms with E-state index in [4.69, 9.17) is 5.26 Å². The number of para-hydroxylation sites is 1. The molecule has 0 fully saturated rings. The minimum Gasteiger partial charge on any atom is -0.384 e. The second kappa shape index (κ2) is 5.73. The van der Waals surface area contributed by atoms with E-state index in [1.165, 1.54) is 18.4 Å². The summed E-state index contributed by atoms with van der Waals surface area (Å²) in [4.78, 5) is 0. The fraction of sp³-hybridized carbons (Fsp3) is 0.438. The molecule has 94 valence electrons. The van der Waals surface area contributed by atoms with Crippen LogP contribution in [0.1, 0.15) is 32.3 Å². The van der Waals surface area contributed by atoms with Gasteiger partial charge in [0, 0.05) is 6.54 Å². The topological polar surface area (TPSA) is 35.8 Å². The van der Waals surface area contributed by atoms with E-state index < -0.39 is 0 Å². The zero-order chi connectivity index (χ0) is 13.0. The van der Waals surface area contributed by atoms with E-state index >= 15 is 0 Å². The average molecular weight is 240 g/mol. The first-order chi connectivity index (χ1) is 8.69. The number of rotatable bonds is 3. The van der Waals surface area contributed by atoms with Gasteiger partial charge in [0.05, 0.1) is 11.3 Å². The summed E-state index contributed by atoms with van der Waals surface area (Å²) < 4.78 is 0. The summed E-state index contributed by atoms with van der Waals surface area (Å²) in [6, 6.07) is 9.94. The van der Waals surface area contributed by atoms with Gasteiger partial charge in [-0.15, -0.1) is 0 Å². The van der Waals surface area contributed by atoms with E-state index in [-0.39, 0.29) is 0 Å². The number of nitrogens with one attached hydrogen (secondary N) is 1. The van der Waals surface area contributed by atoms with Crippen molar-refractivity contribution >= 4 is 5.69 Å². The highest BCUT2D eigenvalue weighted by molar-refractivity contribution is 5.57. The zero-order valence-electron chi connectivity index (χ0n) is 11.1. The SMILES string of the molecule is CC1=CC(C)CC(CNc2ccccc2C#N)C1. The van der Waals surface area contributed by atoms with Gasteiger partial charge >= 0.3 is 0 Å². The molecule has 0 amide bonds. The lowest BCUT2D eigenvalue weighted by molar-refractivity contribution is 0.421. The van der Waals surface area contributed by atoms with Crippen LogP contribution in [0.25, 0.3) is 0 Å². The molecule has 1 aromatic rings. The quantitative estimate of drug-likeness (QED) is 0.812. The predicted molar refractivity (Wildman–Crippen MR) is 75.3 cm³/mol. The van der Waals surface area contributed by atoms with Gasteiger partial charge < -0.3 is 5.32 Å². The molecule has 2 heteroatoms. The van der Waals surface area contributed by atoms with Gasteiger partial charge in [0.2, 0.25) is 0 Å². The minimum absolute atomic E-state index is 0.678. The Bertz CT molecular complexity index is 482. The molecule has 0 saturated heterocycles. The maximum absolute atomic E-state index is 9.04. The summed E-state index contributed by atoms with van der Waals surface area (Å²) in [7, 11) is 0. The molecule has 18 heavy (non-hydrogen) atoms. The molecule has 2 nitrogen and oxygen atoms in total. The molecule has 0 saturated carbocycles. The summed E-state index contributed by atoms with van der Waals surface area (Å²) >= 11 is 0. The Morgan fingerprint density at radius 3 is 2.89 bits per heavy atom. The standard InChI is InChI=1S/C16H20N2/c1-12-7-13(2)9-14(8-12)11-18-16-6-4-3-5-15(16)10-17/h3-7,12,14,18H,8-9,11H2,1-2H3.